The van der Waals surface area contributed by atoms with Gasteiger partial charge >= 0.3 is 0 Å². The highest BCUT2D eigenvalue weighted by Crippen LogP contribution is 2.26. The van der Waals surface area contributed by atoms with Gasteiger partial charge in [0.2, 0.25) is 5.91 Å². The zero-order chi connectivity index (χ0) is 19.9. The highest BCUT2D eigenvalue weighted by Gasteiger charge is 2.13. The maximum Gasteiger partial charge on any atom is 0.220 e. The molecular weight excluding hydrogens is 342 g/mol. The van der Waals surface area contributed by atoms with Gasteiger partial charge in [0.1, 0.15) is 5.75 Å². The van der Waals surface area contributed by atoms with Gasteiger partial charge in [0, 0.05) is 13.0 Å². The SMILES string of the molecule is COc1cc(CNC(=O)CCCOc2ccc(C(C)(C)C)cc2)ccc1O. The molecule has 0 aliphatic heterocycles. The third-order valence-corrected chi connectivity index (χ3v) is 4.27. The molecule has 1 amide bonds. The Morgan fingerprint density at radius 1 is 1.11 bits per heavy atom. The third-order valence-electron chi connectivity index (χ3n) is 4.27. The fraction of sp³-hybridized carbons (Fsp3) is 0.409. The van der Waals surface area contributed by atoms with Gasteiger partial charge < -0.3 is 19.9 Å². The molecule has 0 unspecified atom stereocenters. The van der Waals surface area contributed by atoms with Gasteiger partial charge in [-0.3, -0.25) is 4.79 Å². The van der Waals surface area contributed by atoms with Crippen LogP contribution in [0, 0.1) is 0 Å². The molecule has 0 fully saturated rings. The number of hydrogen-bond acceptors (Lipinski definition) is 4. The van der Waals surface area contributed by atoms with Crippen molar-refractivity contribution in [3.05, 3.63) is 53.6 Å². The van der Waals surface area contributed by atoms with Crippen LogP contribution in [0.25, 0.3) is 0 Å². The van der Waals surface area contributed by atoms with Crippen LogP contribution in [0.4, 0.5) is 0 Å². The maximum atomic E-state index is 12.0. The highest BCUT2D eigenvalue weighted by atomic mass is 16.5. The van der Waals surface area contributed by atoms with Gasteiger partial charge in [0.25, 0.3) is 0 Å². The van der Waals surface area contributed by atoms with Crippen molar-refractivity contribution in [3.8, 4) is 17.2 Å². The number of phenols is 1. The van der Waals surface area contributed by atoms with Gasteiger partial charge in [-0.15, -0.1) is 0 Å². The summed E-state index contributed by atoms with van der Waals surface area (Å²) in [5.74, 6) is 1.27. The fourth-order valence-corrected chi connectivity index (χ4v) is 2.59. The number of rotatable bonds is 8. The standard InChI is InChI=1S/C22H29NO4/c1-22(2,3)17-8-10-18(11-9-17)27-13-5-6-21(25)23-15-16-7-12-19(24)20(14-16)26-4/h7-12,14,24H,5-6,13,15H2,1-4H3,(H,23,25). The monoisotopic (exact) mass is 371 g/mol. The largest absolute Gasteiger partial charge is 0.504 e. The smallest absolute Gasteiger partial charge is 0.220 e. The van der Waals surface area contributed by atoms with Gasteiger partial charge in [0.05, 0.1) is 13.7 Å². The van der Waals surface area contributed by atoms with Crippen LogP contribution in [-0.2, 0) is 16.8 Å². The first-order valence-corrected chi connectivity index (χ1v) is 9.15. The van der Waals surface area contributed by atoms with E-state index in [0.717, 1.165) is 11.3 Å². The summed E-state index contributed by atoms with van der Waals surface area (Å²) >= 11 is 0. The number of methoxy groups -OCH3 is 1. The predicted molar refractivity (Wildman–Crippen MR) is 106 cm³/mol. The molecule has 0 saturated heterocycles. The topological polar surface area (TPSA) is 67.8 Å². The molecule has 2 aromatic rings. The second-order valence-electron chi connectivity index (χ2n) is 7.51. The summed E-state index contributed by atoms with van der Waals surface area (Å²) in [5, 5.41) is 12.4. The van der Waals surface area contributed by atoms with Crippen molar-refractivity contribution in [2.45, 2.75) is 45.6 Å². The van der Waals surface area contributed by atoms with Crippen LogP contribution >= 0.6 is 0 Å². The molecule has 0 aliphatic rings. The fourth-order valence-electron chi connectivity index (χ4n) is 2.59. The Morgan fingerprint density at radius 3 is 2.44 bits per heavy atom. The van der Waals surface area contributed by atoms with E-state index in [1.807, 2.05) is 12.1 Å². The van der Waals surface area contributed by atoms with E-state index in [1.165, 1.54) is 12.7 Å². The van der Waals surface area contributed by atoms with Gasteiger partial charge in [-0.1, -0.05) is 39.0 Å². The van der Waals surface area contributed by atoms with E-state index in [9.17, 15) is 9.90 Å². The lowest BCUT2D eigenvalue weighted by atomic mass is 9.87. The van der Waals surface area contributed by atoms with Crippen molar-refractivity contribution < 1.29 is 19.4 Å². The van der Waals surface area contributed by atoms with Crippen LogP contribution in [0.1, 0.15) is 44.7 Å². The first-order valence-electron chi connectivity index (χ1n) is 9.15. The normalized spacial score (nSPS) is 11.1. The van der Waals surface area contributed by atoms with Crippen molar-refractivity contribution in [2.24, 2.45) is 0 Å². The molecule has 0 bridgehead atoms. The number of carbonyl (C=O) groups excluding carboxylic acids is 1. The zero-order valence-corrected chi connectivity index (χ0v) is 16.5. The highest BCUT2D eigenvalue weighted by molar-refractivity contribution is 5.75. The van der Waals surface area contributed by atoms with E-state index in [2.05, 4.69) is 38.2 Å². The van der Waals surface area contributed by atoms with Crippen LogP contribution in [0.15, 0.2) is 42.5 Å². The van der Waals surface area contributed by atoms with Gasteiger partial charge in [-0.2, -0.15) is 0 Å². The summed E-state index contributed by atoms with van der Waals surface area (Å²) in [5.41, 5.74) is 2.26. The Kier molecular flexibility index (Phi) is 7.11. The Balaban J connectivity index is 1.69. The van der Waals surface area contributed by atoms with E-state index in [-0.39, 0.29) is 17.1 Å². The number of amides is 1. The van der Waals surface area contributed by atoms with Crippen molar-refractivity contribution >= 4 is 5.91 Å². The number of aromatic hydroxyl groups is 1. The molecule has 0 heterocycles. The van der Waals surface area contributed by atoms with Crippen molar-refractivity contribution in [1.29, 1.82) is 0 Å². The molecule has 5 heteroatoms. The van der Waals surface area contributed by atoms with E-state index in [1.54, 1.807) is 18.2 Å². The van der Waals surface area contributed by atoms with Gasteiger partial charge in [0.15, 0.2) is 11.5 Å². The number of ether oxygens (including phenoxy) is 2. The van der Waals surface area contributed by atoms with Crippen LogP contribution in [0.2, 0.25) is 0 Å². The van der Waals surface area contributed by atoms with Crippen molar-refractivity contribution in [1.82, 2.24) is 5.32 Å². The molecule has 0 aromatic heterocycles. The summed E-state index contributed by atoms with van der Waals surface area (Å²) in [4.78, 5) is 12.0. The zero-order valence-electron chi connectivity index (χ0n) is 16.5. The van der Waals surface area contributed by atoms with Crippen LogP contribution in [0.5, 0.6) is 17.2 Å². The van der Waals surface area contributed by atoms with E-state index >= 15 is 0 Å². The molecule has 146 valence electrons. The Morgan fingerprint density at radius 2 is 1.81 bits per heavy atom. The van der Waals surface area contributed by atoms with Gasteiger partial charge in [-0.05, 0) is 47.2 Å². The summed E-state index contributed by atoms with van der Waals surface area (Å²) in [6.45, 7) is 7.42. The second-order valence-corrected chi connectivity index (χ2v) is 7.51. The Hall–Kier alpha value is -2.69. The summed E-state index contributed by atoms with van der Waals surface area (Å²) in [6, 6.07) is 13.1. The summed E-state index contributed by atoms with van der Waals surface area (Å²) < 4.78 is 10.8. The lowest BCUT2D eigenvalue weighted by molar-refractivity contribution is -0.121. The molecule has 27 heavy (non-hydrogen) atoms. The van der Waals surface area contributed by atoms with Crippen LogP contribution < -0.4 is 14.8 Å². The van der Waals surface area contributed by atoms with Crippen LogP contribution in [0.3, 0.4) is 0 Å². The first-order chi connectivity index (χ1) is 12.8. The number of hydrogen-bond donors (Lipinski definition) is 2. The number of phenolic OH excluding ortho intramolecular Hbond substituents is 1. The van der Waals surface area contributed by atoms with E-state index < -0.39 is 0 Å². The Bertz CT molecular complexity index is 748. The summed E-state index contributed by atoms with van der Waals surface area (Å²) in [7, 11) is 1.49. The minimum Gasteiger partial charge on any atom is -0.504 e. The lowest BCUT2D eigenvalue weighted by Gasteiger charge is -2.19. The quantitative estimate of drug-likeness (QED) is 0.683. The molecule has 5 nitrogen and oxygen atoms in total. The molecular formula is C22H29NO4. The molecule has 0 radical (unpaired) electrons. The second kappa shape index (κ2) is 9.31. The third kappa shape index (κ3) is 6.51. The minimum atomic E-state index is -0.0336. The van der Waals surface area contributed by atoms with E-state index in [4.69, 9.17) is 9.47 Å². The average Bonchev–Trinajstić information content (AvgIpc) is 2.64. The van der Waals surface area contributed by atoms with Gasteiger partial charge in [-0.25, -0.2) is 0 Å². The first kappa shape index (κ1) is 20.6. The number of nitrogens with one attached hydrogen (secondary N) is 1. The molecule has 0 spiro atoms. The van der Waals surface area contributed by atoms with Crippen molar-refractivity contribution in [3.63, 3.8) is 0 Å². The molecule has 2 aromatic carbocycles. The summed E-state index contributed by atoms with van der Waals surface area (Å²) in [6.07, 6.45) is 1.04. The Labute approximate surface area is 161 Å². The number of carbonyl (C=O) groups is 1. The average molecular weight is 371 g/mol. The molecule has 0 atom stereocenters. The van der Waals surface area contributed by atoms with E-state index in [0.29, 0.717) is 31.7 Å². The molecule has 0 saturated carbocycles. The number of benzene rings is 2. The van der Waals surface area contributed by atoms with Crippen molar-refractivity contribution in [2.75, 3.05) is 13.7 Å². The maximum absolute atomic E-state index is 12.0. The molecule has 2 N–H and O–H groups in total. The van der Waals surface area contributed by atoms with Crippen LogP contribution in [-0.4, -0.2) is 24.7 Å². The molecule has 0 aliphatic carbocycles. The molecule has 2 rings (SSSR count). The minimum absolute atomic E-state index is 0.0336. The lowest BCUT2D eigenvalue weighted by Crippen LogP contribution is -2.23. The predicted octanol–water partition coefficient (Wildman–Crippen LogP) is 4.17.